The van der Waals surface area contributed by atoms with Crippen LogP contribution in [0.4, 0.5) is 13.2 Å². The molecule has 0 atom stereocenters. The number of aromatic nitrogens is 2. The van der Waals surface area contributed by atoms with Crippen molar-refractivity contribution >= 4 is 11.6 Å². The fourth-order valence-electron chi connectivity index (χ4n) is 2.87. The quantitative estimate of drug-likeness (QED) is 0.920. The number of hydrogen-bond donors (Lipinski definition) is 1. The Labute approximate surface area is 120 Å². The Morgan fingerprint density at radius 3 is 2.55 bits per heavy atom. The van der Waals surface area contributed by atoms with Crippen LogP contribution in [0, 0.1) is 5.92 Å². The maximum absolute atomic E-state index is 12.7. The number of nitrogens with zero attached hydrogens (tertiary/aromatic N) is 2. The molecule has 1 aliphatic rings. The van der Waals surface area contributed by atoms with Crippen LogP contribution in [0.3, 0.4) is 0 Å². The molecule has 0 aromatic carbocycles. The fourth-order valence-corrected chi connectivity index (χ4v) is 3.18. The number of aryl methyl sites for hydroxylation is 1. The van der Waals surface area contributed by atoms with Gasteiger partial charge in [-0.1, -0.05) is 18.5 Å². The van der Waals surface area contributed by atoms with Crippen LogP contribution in [0.1, 0.15) is 44.7 Å². The second-order valence-corrected chi connectivity index (χ2v) is 5.82. The highest BCUT2D eigenvalue weighted by Gasteiger charge is 2.47. The van der Waals surface area contributed by atoms with E-state index in [0.717, 1.165) is 6.42 Å². The predicted molar refractivity (Wildman–Crippen MR) is 69.4 cm³/mol. The monoisotopic (exact) mass is 310 g/mol. The van der Waals surface area contributed by atoms with Gasteiger partial charge >= 0.3 is 6.18 Å². The average Bonchev–Trinajstić information content (AvgIpc) is 2.71. The Morgan fingerprint density at radius 1 is 1.45 bits per heavy atom. The number of halogens is 4. The lowest BCUT2D eigenvalue weighted by atomic mass is 9.76. The summed E-state index contributed by atoms with van der Waals surface area (Å²) in [5, 5.41) is 15.1. The molecule has 0 radical (unpaired) electrons. The van der Waals surface area contributed by atoms with Gasteiger partial charge < -0.3 is 5.11 Å². The predicted octanol–water partition coefficient (Wildman–Crippen LogP) is 3.89. The molecule has 0 unspecified atom stereocenters. The summed E-state index contributed by atoms with van der Waals surface area (Å²) in [6.45, 7) is 2.55. The molecule has 3 nitrogen and oxygen atoms in total. The molecule has 7 heteroatoms. The molecule has 1 aromatic rings. The molecule has 2 rings (SSSR count). The number of alkyl halides is 3. The van der Waals surface area contributed by atoms with Crippen molar-refractivity contribution in [3.8, 4) is 0 Å². The van der Waals surface area contributed by atoms with Gasteiger partial charge in [0.15, 0.2) is 0 Å². The molecule has 1 heterocycles. The first-order chi connectivity index (χ1) is 9.28. The summed E-state index contributed by atoms with van der Waals surface area (Å²) in [6, 6.07) is 0. The lowest BCUT2D eigenvalue weighted by Gasteiger charge is -2.37. The maximum atomic E-state index is 12.7. The third-order valence-electron chi connectivity index (χ3n) is 3.95. The van der Waals surface area contributed by atoms with E-state index in [9.17, 15) is 18.3 Å². The maximum Gasteiger partial charge on any atom is 0.391 e. The van der Waals surface area contributed by atoms with E-state index in [-0.39, 0.29) is 25.7 Å². The molecule has 20 heavy (non-hydrogen) atoms. The van der Waals surface area contributed by atoms with Crippen molar-refractivity contribution in [2.24, 2.45) is 5.92 Å². The SMILES string of the molecule is CCCn1ncc(Cl)c1C1(O)CCC(C(F)(F)F)CC1. The van der Waals surface area contributed by atoms with Gasteiger partial charge in [-0.25, -0.2) is 0 Å². The van der Waals surface area contributed by atoms with Crippen LogP contribution in [0.25, 0.3) is 0 Å². The molecule has 0 amide bonds. The van der Waals surface area contributed by atoms with E-state index in [0.29, 0.717) is 17.3 Å². The first kappa shape index (κ1) is 15.6. The lowest BCUT2D eigenvalue weighted by molar-refractivity contribution is -0.193. The van der Waals surface area contributed by atoms with Crippen LogP contribution in [-0.4, -0.2) is 21.1 Å². The van der Waals surface area contributed by atoms with E-state index in [1.807, 2.05) is 6.92 Å². The van der Waals surface area contributed by atoms with E-state index < -0.39 is 17.7 Å². The third kappa shape index (κ3) is 2.96. The summed E-state index contributed by atoms with van der Waals surface area (Å²) in [5.41, 5.74) is -0.841. The highest BCUT2D eigenvalue weighted by Crippen LogP contribution is 2.46. The molecule has 1 N–H and O–H groups in total. The zero-order valence-corrected chi connectivity index (χ0v) is 12.0. The standard InChI is InChI=1S/C13H18ClF3N2O/c1-2-7-19-11(10(14)8-18-19)12(20)5-3-9(4-6-12)13(15,16)17/h8-9,20H,2-7H2,1H3. The second-order valence-electron chi connectivity index (χ2n) is 5.41. The Bertz CT molecular complexity index is 465. The van der Waals surface area contributed by atoms with Gasteiger partial charge in [0.1, 0.15) is 5.60 Å². The molecule has 114 valence electrons. The van der Waals surface area contributed by atoms with Crippen LogP contribution in [0.5, 0.6) is 0 Å². The highest BCUT2D eigenvalue weighted by molar-refractivity contribution is 6.31. The van der Waals surface area contributed by atoms with Crippen molar-refractivity contribution in [3.05, 3.63) is 16.9 Å². The zero-order valence-electron chi connectivity index (χ0n) is 11.3. The number of rotatable bonds is 3. The Balaban J connectivity index is 2.19. The fraction of sp³-hybridized carbons (Fsp3) is 0.769. The Morgan fingerprint density at radius 2 is 2.05 bits per heavy atom. The van der Waals surface area contributed by atoms with Gasteiger partial charge in [0.25, 0.3) is 0 Å². The van der Waals surface area contributed by atoms with Crippen LogP contribution < -0.4 is 0 Å². The molecule has 1 fully saturated rings. The largest absolute Gasteiger partial charge is 0.391 e. The molecule has 0 bridgehead atoms. The van der Waals surface area contributed by atoms with Crippen LogP contribution in [-0.2, 0) is 12.1 Å². The summed E-state index contributed by atoms with van der Waals surface area (Å²) in [5.74, 6) is -1.33. The van der Waals surface area contributed by atoms with Gasteiger partial charge in [-0.05, 0) is 32.1 Å². The zero-order chi connectivity index (χ0) is 15.0. The van der Waals surface area contributed by atoms with E-state index >= 15 is 0 Å². The van der Waals surface area contributed by atoms with E-state index in [1.54, 1.807) is 4.68 Å². The van der Waals surface area contributed by atoms with E-state index in [1.165, 1.54) is 6.20 Å². The first-order valence-electron chi connectivity index (χ1n) is 6.79. The summed E-state index contributed by atoms with van der Waals surface area (Å²) in [6.07, 6.45) is -1.96. The van der Waals surface area contributed by atoms with Gasteiger partial charge in [-0.2, -0.15) is 18.3 Å². The van der Waals surface area contributed by atoms with Crippen molar-refractivity contribution in [2.45, 2.75) is 57.3 Å². The van der Waals surface area contributed by atoms with Gasteiger partial charge in [0, 0.05) is 6.54 Å². The summed E-state index contributed by atoms with van der Waals surface area (Å²) in [7, 11) is 0. The third-order valence-corrected chi connectivity index (χ3v) is 4.22. The molecule has 1 saturated carbocycles. The van der Waals surface area contributed by atoms with Gasteiger partial charge in [-0.3, -0.25) is 4.68 Å². The molecular weight excluding hydrogens is 293 g/mol. The van der Waals surface area contributed by atoms with Crippen molar-refractivity contribution in [1.82, 2.24) is 9.78 Å². The summed E-state index contributed by atoms with van der Waals surface area (Å²) < 4.78 is 39.7. The van der Waals surface area contributed by atoms with Crippen molar-refractivity contribution in [3.63, 3.8) is 0 Å². The van der Waals surface area contributed by atoms with E-state index in [2.05, 4.69) is 5.10 Å². The summed E-state index contributed by atoms with van der Waals surface area (Å²) >= 11 is 6.06. The minimum atomic E-state index is -4.19. The van der Waals surface area contributed by atoms with Gasteiger partial charge in [0.05, 0.1) is 22.8 Å². The Kier molecular flexibility index (Phi) is 4.35. The van der Waals surface area contributed by atoms with Crippen LogP contribution >= 0.6 is 11.6 Å². The van der Waals surface area contributed by atoms with Crippen LogP contribution in [0.2, 0.25) is 5.02 Å². The van der Waals surface area contributed by atoms with E-state index in [4.69, 9.17) is 11.6 Å². The molecule has 0 spiro atoms. The Hall–Kier alpha value is -0.750. The summed E-state index contributed by atoms with van der Waals surface area (Å²) in [4.78, 5) is 0. The van der Waals surface area contributed by atoms with Crippen molar-refractivity contribution in [1.29, 1.82) is 0 Å². The highest BCUT2D eigenvalue weighted by atomic mass is 35.5. The van der Waals surface area contributed by atoms with Crippen LogP contribution in [0.15, 0.2) is 6.20 Å². The normalized spacial score (nSPS) is 27.8. The minimum Gasteiger partial charge on any atom is -0.384 e. The molecular formula is C13H18ClF3N2O. The number of aliphatic hydroxyl groups is 1. The average molecular weight is 311 g/mol. The number of hydrogen-bond acceptors (Lipinski definition) is 2. The molecule has 1 aliphatic carbocycles. The topological polar surface area (TPSA) is 38.0 Å². The van der Waals surface area contributed by atoms with Gasteiger partial charge in [-0.15, -0.1) is 0 Å². The first-order valence-corrected chi connectivity index (χ1v) is 7.16. The lowest BCUT2D eigenvalue weighted by Crippen LogP contribution is -2.38. The smallest absolute Gasteiger partial charge is 0.384 e. The molecule has 0 aliphatic heterocycles. The van der Waals surface area contributed by atoms with Crippen molar-refractivity contribution in [2.75, 3.05) is 0 Å². The minimum absolute atomic E-state index is 0.0618. The second kappa shape index (κ2) is 5.56. The molecule has 0 saturated heterocycles. The van der Waals surface area contributed by atoms with Crippen molar-refractivity contribution < 1.29 is 18.3 Å². The molecule has 1 aromatic heterocycles. The van der Waals surface area contributed by atoms with Gasteiger partial charge in [0.2, 0.25) is 0 Å².